The first-order valence-electron chi connectivity index (χ1n) is 5.65. The number of thiophene rings is 1. The van der Waals surface area contributed by atoms with Crippen molar-refractivity contribution < 1.29 is 0 Å². The number of aromatic amines is 1. The fourth-order valence-corrected chi connectivity index (χ4v) is 3.27. The van der Waals surface area contributed by atoms with Gasteiger partial charge in [-0.3, -0.25) is 0 Å². The van der Waals surface area contributed by atoms with Crippen molar-refractivity contribution in [2.75, 3.05) is 0 Å². The van der Waals surface area contributed by atoms with Gasteiger partial charge in [0.05, 0.1) is 14.7 Å². The van der Waals surface area contributed by atoms with E-state index in [0.29, 0.717) is 11.8 Å². The predicted octanol–water partition coefficient (Wildman–Crippen LogP) is 5.21. The summed E-state index contributed by atoms with van der Waals surface area (Å²) in [6, 6.07) is 2.10. The SMILES string of the molecule is CC(C)c1cc(=S)c2scc(C(C)C)c2[nH]1. The summed E-state index contributed by atoms with van der Waals surface area (Å²) in [4.78, 5) is 3.54. The van der Waals surface area contributed by atoms with Gasteiger partial charge in [-0.05, 0) is 28.8 Å². The van der Waals surface area contributed by atoms with Crippen LogP contribution in [0.2, 0.25) is 0 Å². The molecule has 0 spiro atoms. The molecule has 0 amide bonds. The minimum Gasteiger partial charge on any atom is -0.357 e. The van der Waals surface area contributed by atoms with Crippen molar-refractivity contribution in [3.05, 3.63) is 27.2 Å². The number of fused-ring (bicyclic) bond motifs is 1. The zero-order valence-electron chi connectivity index (χ0n) is 10.1. The predicted molar refractivity (Wildman–Crippen MR) is 75.2 cm³/mol. The first-order chi connectivity index (χ1) is 7.50. The molecule has 3 heteroatoms. The van der Waals surface area contributed by atoms with Crippen LogP contribution in [0.4, 0.5) is 0 Å². The number of hydrogen-bond acceptors (Lipinski definition) is 2. The van der Waals surface area contributed by atoms with Gasteiger partial charge in [-0.1, -0.05) is 39.9 Å². The van der Waals surface area contributed by atoms with Gasteiger partial charge in [0.15, 0.2) is 0 Å². The van der Waals surface area contributed by atoms with E-state index >= 15 is 0 Å². The highest BCUT2D eigenvalue weighted by Crippen LogP contribution is 2.31. The van der Waals surface area contributed by atoms with Crippen LogP contribution in [0.1, 0.15) is 50.8 Å². The molecule has 2 heterocycles. The molecule has 0 aliphatic rings. The highest BCUT2D eigenvalue weighted by atomic mass is 32.1. The lowest BCUT2D eigenvalue weighted by molar-refractivity contribution is 0.824. The van der Waals surface area contributed by atoms with Gasteiger partial charge in [-0.2, -0.15) is 0 Å². The van der Waals surface area contributed by atoms with Crippen LogP contribution in [0, 0.1) is 4.51 Å². The summed E-state index contributed by atoms with van der Waals surface area (Å²) in [6.45, 7) is 8.82. The quantitative estimate of drug-likeness (QED) is 0.725. The molecule has 0 bridgehead atoms. The molecule has 0 aromatic carbocycles. The third kappa shape index (κ3) is 1.94. The van der Waals surface area contributed by atoms with Crippen molar-refractivity contribution in [3.8, 4) is 0 Å². The van der Waals surface area contributed by atoms with Gasteiger partial charge >= 0.3 is 0 Å². The Labute approximate surface area is 106 Å². The van der Waals surface area contributed by atoms with Crippen molar-refractivity contribution in [3.63, 3.8) is 0 Å². The van der Waals surface area contributed by atoms with Crippen molar-refractivity contribution in [2.45, 2.75) is 39.5 Å². The highest BCUT2D eigenvalue weighted by molar-refractivity contribution is 7.72. The van der Waals surface area contributed by atoms with Crippen molar-refractivity contribution in [1.29, 1.82) is 0 Å². The Morgan fingerprint density at radius 3 is 2.44 bits per heavy atom. The van der Waals surface area contributed by atoms with E-state index in [1.807, 2.05) is 0 Å². The molecular weight excluding hydrogens is 234 g/mol. The minimum atomic E-state index is 0.492. The number of aromatic nitrogens is 1. The molecule has 2 aromatic rings. The number of pyridine rings is 1. The number of rotatable bonds is 2. The van der Waals surface area contributed by atoms with Crippen LogP contribution in [0.3, 0.4) is 0 Å². The average molecular weight is 251 g/mol. The van der Waals surface area contributed by atoms with Gasteiger partial charge in [0, 0.05) is 5.69 Å². The Kier molecular flexibility index (Phi) is 3.17. The molecule has 0 aliphatic carbocycles. The molecule has 86 valence electrons. The van der Waals surface area contributed by atoms with E-state index in [4.69, 9.17) is 12.2 Å². The summed E-state index contributed by atoms with van der Waals surface area (Å²) in [6.07, 6.45) is 0. The van der Waals surface area contributed by atoms with Gasteiger partial charge in [0.25, 0.3) is 0 Å². The Morgan fingerprint density at radius 1 is 1.19 bits per heavy atom. The normalized spacial score (nSPS) is 11.9. The third-order valence-electron chi connectivity index (χ3n) is 2.84. The third-order valence-corrected chi connectivity index (χ3v) is 4.33. The number of hydrogen-bond donors (Lipinski definition) is 1. The van der Waals surface area contributed by atoms with E-state index in [-0.39, 0.29) is 0 Å². The van der Waals surface area contributed by atoms with Crippen LogP contribution in [0.5, 0.6) is 0 Å². The topological polar surface area (TPSA) is 15.8 Å². The standard InChI is InChI=1S/C13H17NS2/c1-7(2)9-6-16-13-11(15)5-10(8(3)4)14-12(9)13/h5-8H,1-4H3,(H,14,15). The van der Waals surface area contributed by atoms with E-state index in [2.05, 4.69) is 44.1 Å². The van der Waals surface area contributed by atoms with Crippen LogP contribution < -0.4 is 0 Å². The van der Waals surface area contributed by atoms with Gasteiger partial charge < -0.3 is 4.98 Å². The minimum absolute atomic E-state index is 0.492. The second-order valence-corrected chi connectivity index (χ2v) is 6.11. The molecule has 2 rings (SSSR count). The van der Waals surface area contributed by atoms with Crippen LogP contribution >= 0.6 is 23.6 Å². The molecule has 0 fully saturated rings. The Morgan fingerprint density at radius 2 is 1.88 bits per heavy atom. The summed E-state index contributed by atoms with van der Waals surface area (Å²) in [5.41, 5.74) is 3.86. The average Bonchev–Trinajstić information content (AvgIpc) is 2.61. The lowest BCUT2D eigenvalue weighted by Crippen LogP contribution is -1.94. The van der Waals surface area contributed by atoms with Gasteiger partial charge in [-0.25, -0.2) is 0 Å². The zero-order chi connectivity index (χ0) is 11.9. The monoisotopic (exact) mass is 251 g/mol. The summed E-state index contributed by atoms with van der Waals surface area (Å²) >= 11 is 7.20. The van der Waals surface area contributed by atoms with Gasteiger partial charge in [-0.15, -0.1) is 11.3 Å². The van der Waals surface area contributed by atoms with E-state index in [9.17, 15) is 0 Å². The van der Waals surface area contributed by atoms with Crippen LogP contribution in [-0.2, 0) is 0 Å². The molecule has 1 nitrogen and oxygen atoms in total. The fourth-order valence-electron chi connectivity index (χ4n) is 1.80. The Balaban J connectivity index is 2.76. The van der Waals surface area contributed by atoms with Crippen LogP contribution in [-0.4, -0.2) is 4.98 Å². The number of nitrogens with one attached hydrogen (secondary N) is 1. The molecular formula is C13H17NS2. The molecule has 0 atom stereocenters. The van der Waals surface area contributed by atoms with Crippen molar-refractivity contribution in [2.24, 2.45) is 0 Å². The second-order valence-electron chi connectivity index (χ2n) is 4.79. The first-order valence-corrected chi connectivity index (χ1v) is 6.93. The maximum absolute atomic E-state index is 5.45. The summed E-state index contributed by atoms with van der Waals surface area (Å²) < 4.78 is 2.21. The molecule has 16 heavy (non-hydrogen) atoms. The number of H-pyrrole nitrogens is 1. The molecule has 0 aliphatic heterocycles. The molecule has 1 N–H and O–H groups in total. The van der Waals surface area contributed by atoms with Crippen LogP contribution in [0.25, 0.3) is 10.2 Å². The smallest absolute Gasteiger partial charge is 0.0689 e. The van der Waals surface area contributed by atoms with E-state index in [0.717, 1.165) is 4.51 Å². The molecule has 0 radical (unpaired) electrons. The van der Waals surface area contributed by atoms with Crippen molar-refractivity contribution >= 4 is 33.8 Å². The van der Waals surface area contributed by atoms with E-state index < -0.39 is 0 Å². The largest absolute Gasteiger partial charge is 0.357 e. The maximum atomic E-state index is 5.45. The van der Waals surface area contributed by atoms with Gasteiger partial charge in [0.2, 0.25) is 0 Å². The second kappa shape index (κ2) is 4.30. The van der Waals surface area contributed by atoms with Gasteiger partial charge in [0.1, 0.15) is 0 Å². The Bertz CT molecular complexity index is 561. The van der Waals surface area contributed by atoms with Crippen LogP contribution in [0.15, 0.2) is 11.4 Å². The van der Waals surface area contributed by atoms with E-state index in [1.165, 1.54) is 21.5 Å². The summed E-state index contributed by atoms with van der Waals surface area (Å²) in [5.74, 6) is 1.04. The lowest BCUT2D eigenvalue weighted by Gasteiger charge is -2.08. The fraction of sp³-hybridized carbons (Fsp3) is 0.462. The molecule has 0 saturated heterocycles. The molecule has 2 aromatic heterocycles. The summed E-state index contributed by atoms with van der Waals surface area (Å²) in [5, 5.41) is 2.23. The summed E-state index contributed by atoms with van der Waals surface area (Å²) in [7, 11) is 0. The maximum Gasteiger partial charge on any atom is 0.0689 e. The Hall–Kier alpha value is -0.670. The first kappa shape index (κ1) is 11.8. The highest BCUT2D eigenvalue weighted by Gasteiger charge is 2.11. The van der Waals surface area contributed by atoms with Crippen molar-refractivity contribution in [1.82, 2.24) is 4.98 Å². The lowest BCUT2D eigenvalue weighted by atomic mass is 10.0. The van der Waals surface area contributed by atoms with E-state index in [1.54, 1.807) is 11.3 Å². The zero-order valence-corrected chi connectivity index (χ0v) is 11.8. The molecule has 0 saturated carbocycles. The molecule has 0 unspecified atom stereocenters.